The fourth-order valence-corrected chi connectivity index (χ4v) is 4.67. The summed E-state index contributed by atoms with van der Waals surface area (Å²) in [5.74, 6) is -1.03. The summed E-state index contributed by atoms with van der Waals surface area (Å²) in [4.78, 5) is 21.8. The number of nitrogens with zero attached hydrogens (tertiary/aromatic N) is 4. The summed E-state index contributed by atoms with van der Waals surface area (Å²) in [6, 6.07) is 6.08. The standard InChI is InChI=1S/C24H21F5N4O2/c25-18-8-15(9-19(26)17(18)7-14-4-5-30-20(10-14)24(27,28)29)13-35-21-11-22-32-6-2-1-3-16(32)12-33(22)23(34)31-21/h4-5,8-11,16H,1-3,6-7,12-13H2. The molecular formula is C24H21F5N4O2. The van der Waals surface area contributed by atoms with Crippen molar-refractivity contribution < 1.29 is 26.7 Å². The zero-order valence-electron chi connectivity index (χ0n) is 18.5. The lowest BCUT2D eigenvalue weighted by atomic mass is 10.0. The highest BCUT2D eigenvalue weighted by Crippen LogP contribution is 2.32. The number of hydrogen-bond donors (Lipinski definition) is 0. The molecule has 1 atom stereocenters. The van der Waals surface area contributed by atoms with Crippen LogP contribution in [0.5, 0.6) is 5.88 Å². The minimum absolute atomic E-state index is 0.0637. The first-order chi connectivity index (χ1) is 16.7. The van der Waals surface area contributed by atoms with E-state index >= 15 is 0 Å². The van der Waals surface area contributed by atoms with E-state index in [1.165, 1.54) is 6.07 Å². The third kappa shape index (κ3) is 4.71. The second-order valence-electron chi connectivity index (χ2n) is 8.74. The molecule has 0 bridgehead atoms. The SMILES string of the molecule is O=c1nc(OCc2cc(F)c(Cc3ccnc(C(F)(F)F)c3)c(F)c2)cc2n1CC1CCCCN21. The van der Waals surface area contributed by atoms with Crippen molar-refractivity contribution in [2.75, 3.05) is 11.4 Å². The maximum atomic E-state index is 14.7. The Morgan fingerprint density at radius 2 is 1.83 bits per heavy atom. The lowest BCUT2D eigenvalue weighted by Gasteiger charge is -2.30. The molecule has 1 aromatic carbocycles. The van der Waals surface area contributed by atoms with Crippen LogP contribution in [0, 0.1) is 11.6 Å². The summed E-state index contributed by atoms with van der Waals surface area (Å²) in [6.45, 7) is 1.19. The molecule has 2 aliphatic heterocycles. The number of alkyl halides is 3. The van der Waals surface area contributed by atoms with Gasteiger partial charge < -0.3 is 9.64 Å². The van der Waals surface area contributed by atoms with Crippen molar-refractivity contribution in [3.8, 4) is 5.88 Å². The molecular weight excluding hydrogens is 471 g/mol. The van der Waals surface area contributed by atoms with E-state index in [-0.39, 0.29) is 41.6 Å². The molecule has 0 amide bonds. The maximum absolute atomic E-state index is 14.7. The molecule has 0 spiro atoms. The van der Waals surface area contributed by atoms with Crippen LogP contribution in [0.15, 0.2) is 41.3 Å². The van der Waals surface area contributed by atoms with Crippen molar-refractivity contribution >= 4 is 5.82 Å². The minimum atomic E-state index is -4.66. The second-order valence-corrected chi connectivity index (χ2v) is 8.74. The Kier molecular flexibility index (Phi) is 5.94. The molecule has 184 valence electrons. The van der Waals surface area contributed by atoms with Crippen LogP contribution in [0.4, 0.5) is 27.8 Å². The normalized spacial score (nSPS) is 17.3. The van der Waals surface area contributed by atoms with Gasteiger partial charge in [-0.1, -0.05) is 0 Å². The molecule has 1 fully saturated rings. The minimum Gasteiger partial charge on any atom is -0.473 e. The van der Waals surface area contributed by atoms with E-state index in [2.05, 4.69) is 14.9 Å². The quantitative estimate of drug-likeness (QED) is 0.492. The molecule has 11 heteroatoms. The number of halogens is 5. The molecule has 5 rings (SSSR count). The summed E-state index contributed by atoms with van der Waals surface area (Å²) in [7, 11) is 0. The summed E-state index contributed by atoms with van der Waals surface area (Å²) in [5.41, 5.74) is -1.69. The van der Waals surface area contributed by atoms with E-state index in [0.717, 1.165) is 56.0 Å². The van der Waals surface area contributed by atoms with E-state index in [0.29, 0.717) is 6.54 Å². The Balaban J connectivity index is 1.31. The molecule has 4 heterocycles. The third-order valence-electron chi connectivity index (χ3n) is 6.36. The number of ether oxygens (including phenoxy) is 1. The van der Waals surface area contributed by atoms with Crippen molar-refractivity contribution in [1.29, 1.82) is 0 Å². The number of piperidine rings is 1. The van der Waals surface area contributed by atoms with E-state index in [1.807, 2.05) is 0 Å². The van der Waals surface area contributed by atoms with Crippen LogP contribution in [-0.2, 0) is 25.7 Å². The number of benzene rings is 1. The summed E-state index contributed by atoms with van der Waals surface area (Å²) < 4.78 is 75.2. The number of aromatic nitrogens is 3. The van der Waals surface area contributed by atoms with Crippen LogP contribution < -0.4 is 15.3 Å². The van der Waals surface area contributed by atoms with Crippen molar-refractivity contribution in [2.24, 2.45) is 0 Å². The van der Waals surface area contributed by atoms with Gasteiger partial charge in [0.1, 0.15) is 29.8 Å². The molecule has 0 N–H and O–H groups in total. The number of fused-ring (bicyclic) bond motifs is 3. The fourth-order valence-electron chi connectivity index (χ4n) is 4.67. The van der Waals surface area contributed by atoms with Crippen LogP contribution >= 0.6 is 0 Å². The highest BCUT2D eigenvalue weighted by Gasteiger charge is 2.33. The van der Waals surface area contributed by atoms with Crippen molar-refractivity contribution in [1.82, 2.24) is 14.5 Å². The Morgan fingerprint density at radius 3 is 2.57 bits per heavy atom. The predicted molar refractivity (Wildman–Crippen MR) is 116 cm³/mol. The molecule has 2 aromatic heterocycles. The molecule has 1 unspecified atom stereocenters. The van der Waals surface area contributed by atoms with E-state index in [9.17, 15) is 26.7 Å². The summed E-state index contributed by atoms with van der Waals surface area (Å²) in [6.07, 6.45) is -0.931. The third-order valence-corrected chi connectivity index (χ3v) is 6.36. The Morgan fingerprint density at radius 1 is 1.06 bits per heavy atom. The summed E-state index contributed by atoms with van der Waals surface area (Å²) in [5, 5.41) is 0. The van der Waals surface area contributed by atoms with Gasteiger partial charge in [0.25, 0.3) is 0 Å². The van der Waals surface area contributed by atoms with Gasteiger partial charge in [-0.05, 0) is 54.7 Å². The van der Waals surface area contributed by atoms with Gasteiger partial charge in [-0.3, -0.25) is 9.55 Å². The van der Waals surface area contributed by atoms with Gasteiger partial charge in [0.05, 0.1) is 0 Å². The van der Waals surface area contributed by atoms with E-state index < -0.39 is 29.2 Å². The second kappa shape index (κ2) is 8.94. The lowest BCUT2D eigenvalue weighted by molar-refractivity contribution is -0.141. The first kappa shape index (κ1) is 23.3. The average Bonchev–Trinajstić information content (AvgIpc) is 3.19. The van der Waals surface area contributed by atoms with Crippen LogP contribution in [0.3, 0.4) is 0 Å². The van der Waals surface area contributed by atoms with Crippen molar-refractivity contribution in [2.45, 2.75) is 51.1 Å². The Bertz CT molecular complexity index is 1300. The van der Waals surface area contributed by atoms with Gasteiger partial charge in [-0.25, -0.2) is 13.6 Å². The number of pyridine rings is 1. The van der Waals surface area contributed by atoms with Gasteiger partial charge in [0.2, 0.25) is 5.88 Å². The molecule has 3 aromatic rings. The van der Waals surface area contributed by atoms with Crippen LogP contribution in [0.1, 0.15) is 41.6 Å². The number of hydrogen-bond acceptors (Lipinski definition) is 5. The molecule has 0 saturated carbocycles. The average molecular weight is 492 g/mol. The topological polar surface area (TPSA) is 60.2 Å². The van der Waals surface area contributed by atoms with Crippen molar-refractivity contribution in [3.05, 3.63) is 81.0 Å². The number of anilines is 1. The Labute approximate surface area is 197 Å². The van der Waals surface area contributed by atoms with Crippen LogP contribution in [0.2, 0.25) is 0 Å². The van der Waals surface area contributed by atoms with Gasteiger partial charge in [0.15, 0.2) is 0 Å². The highest BCUT2D eigenvalue weighted by atomic mass is 19.4. The molecule has 2 aliphatic rings. The first-order valence-electron chi connectivity index (χ1n) is 11.2. The molecule has 0 radical (unpaired) electrons. The maximum Gasteiger partial charge on any atom is 0.433 e. The Hall–Kier alpha value is -3.50. The zero-order chi connectivity index (χ0) is 24.7. The van der Waals surface area contributed by atoms with E-state index in [1.54, 1.807) is 10.6 Å². The highest BCUT2D eigenvalue weighted by molar-refractivity contribution is 5.47. The largest absolute Gasteiger partial charge is 0.473 e. The van der Waals surface area contributed by atoms with Gasteiger partial charge in [-0.2, -0.15) is 18.2 Å². The number of rotatable bonds is 5. The molecule has 1 saturated heterocycles. The predicted octanol–water partition coefficient (Wildman–Crippen LogP) is 4.48. The van der Waals surface area contributed by atoms with Crippen LogP contribution in [-0.4, -0.2) is 27.1 Å². The van der Waals surface area contributed by atoms with Gasteiger partial charge in [-0.15, -0.1) is 0 Å². The monoisotopic (exact) mass is 492 g/mol. The first-order valence-corrected chi connectivity index (χ1v) is 11.2. The van der Waals surface area contributed by atoms with Gasteiger partial charge in [0, 0.05) is 43.4 Å². The van der Waals surface area contributed by atoms with E-state index in [4.69, 9.17) is 4.74 Å². The van der Waals surface area contributed by atoms with Crippen molar-refractivity contribution in [3.63, 3.8) is 0 Å². The molecule has 0 aliphatic carbocycles. The lowest BCUT2D eigenvalue weighted by Crippen LogP contribution is -2.36. The smallest absolute Gasteiger partial charge is 0.433 e. The van der Waals surface area contributed by atoms with Gasteiger partial charge >= 0.3 is 11.9 Å². The molecule has 35 heavy (non-hydrogen) atoms. The fraction of sp³-hybridized carbons (Fsp3) is 0.375. The summed E-state index contributed by atoms with van der Waals surface area (Å²) >= 11 is 0. The zero-order valence-corrected chi connectivity index (χ0v) is 18.5. The van der Waals surface area contributed by atoms with Crippen LogP contribution in [0.25, 0.3) is 0 Å². The molecule has 6 nitrogen and oxygen atoms in total.